The van der Waals surface area contributed by atoms with Crippen molar-refractivity contribution in [2.24, 2.45) is 10.7 Å². The van der Waals surface area contributed by atoms with Crippen molar-refractivity contribution in [3.8, 4) is 5.75 Å². The molecule has 0 radical (unpaired) electrons. The minimum Gasteiger partial charge on any atom is -0.494 e. The summed E-state index contributed by atoms with van der Waals surface area (Å²) >= 11 is 0. The second-order valence-corrected chi connectivity index (χ2v) is 4.24. The third-order valence-corrected chi connectivity index (χ3v) is 2.99. The molecule has 0 amide bonds. The SMILES string of the molecule is CCCOc1ccc(C2CN=C(N)N2C)cc1. The van der Waals surface area contributed by atoms with Gasteiger partial charge < -0.3 is 15.4 Å². The van der Waals surface area contributed by atoms with Crippen LogP contribution in [-0.2, 0) is 0 Å². The van der Waals surface area contributed by atoms with Crippen molar-refractivity contribution in [3.63, 3.8) is 0 Å². The molecule has 4 nitrogen and oxygen atoms in total. The first-order valence-corrected chi connectivity index (χ1v) is 5.98. The third-order valence-electron chi connectivity index (χ3n) is 2.99. The normalized spacial score (nSPS) is 19.3. The summed E-state index contributed by atoms with van der Waals surface area (Å²) in [6, 6.07) is 8.44. The van der Waals surface area contributed by atoms with Gasteiger partial charge in [0.15, 0.2) is 5.96 Å². The van der Waals surface area contributed by atoms with Crippen molar-refractivity contribution < 1.29 is 4.74 Å². The highest BCUT2D eigenvalue weighted by molar-refractivity contribution is 5.80. The smallest absolute Gasteiger partial charge is 0.191 e. The largest absolute Gasteiger partial charge is 0.494 e. The highest BCUT2D eigenvalue weighted by Crippen LogP contribution is 2.25. The van der Waals surface area contributed by atoms with E-state index < -0.39 is 0 Å². The maximum atomic E-state index is 5.75. The van der Waals surface area contributed by atoms with Gasteiger partial charge in [0, 0.05) is 7.05 Å². The number of guanidine groups is 1. The number of hydrogen-bond donors (Lipinski definition) is 1. The Hall–Kier alpha value is -1.71. The highest BCUT2D eigenvalue weighted by atomic mass is 16.5. The van der Waals surface area contributed by atoms with E-state index in [4.69, 9.17) is 10.5 Å². The first-order valence-electron chi connectivity index (χ1n) is 5.98. The number of nitrogens with two attached hydrogens (primary N) is 1. The Bertz CT molecular complexity index is 400. The van der Waals surface area contributed by atoms with Crippen LogP contribution in [0, 0.1) is 0 Å². The number of benzene rings is 1. The highest BCUT2D eigenvalue weighted by Gasteiger charge is 2.23. The quantitative estimate of drug-likeness (QED) is 0.862. The van der Waals surface area contributed by atoms with Crippen LogP contribution < -0.4 is 10.5 Å². The van der Waals surface area contributed by atoms with E-state index in [2.05, 4.69) is 24.0 Å². The zero-order valence-corrected chi connectivity index (χ0v) is 10.4. The molecule has 0 aliphatic carbocycles. The number of likely N-dealkylation sites (N-methyl/N-ethyl adjacent to an activating group) is 1. The lowest BCUT2D eigenvalue weighted by Crippen LogP contribution is -2.32. The summed E-state index contributed by atoms with van der Waals surface area (Å²) in [5, 5.41) is 0. The molecule has 2 rings (SSSR count). The average molecular weight is 233 g/mol. The van der Waals surface area contributed by atoms with Crippen LogP contribution in [0.25, 0.3) is 0 Å². The zero-order valence-electron chi connectivity index (χ0n) is 10.4. The second-order valence-electron chi connectivity index (χ2n) is 4.24. The van der Waals surface area contributed by atoms with E-state index in [0.29, 0.717) is 5.96 Å². The van der Waals surface area contributed by atoms with E-state index in [1.165, 1.54) is 5.56 Å². The maximum Gasteiger partial charge on any atom is 0.191 e. The number of nitrogens with zero attached hydrogens (tertiary/aromatic N) is 2. The van der Waals surface area contributed by atoms with E-state index in [-0.39, 0.29) is 6.04 Å². The standard InChI is InChI=1S/C13H19N3O/c1-3-8-17-11-6-4-10(5-7-11)12-9-15-13(14)16(12)2/h4-7,12H,3,8-9H2,1-2H3,(H2,14,15). The Balaban J connectivity index is 2.03. The van der Waals surface area contributed by atoms with Crippen molar-refractivity contribution in [1.82, 2.24) is 4.90 Å². The number of ether oxygens (including phenoxy) is 1. The van der Waals surface area contributed by atoms with Gasteiger partial charge in [0.2, 0.25) is 0 Å². The fraction of sp³-hybridized carbons (Fsp3) is 0.462. The summed E-state index contributed by atoms with van der Waals surface area (Å²) in [6.07, 6.45) is 1.03. The molecular weight excluding hydrogens is 214 g/mol. The van der Waals surface area contributed by atoms with Gasteiger partial charge in [-0.05, 0) is 24.1 Å². The molecule has 0 saturated heterocycles. The molecule has 1 heterocycles. The summed E-state index contributed by atoms with van der Waals surface area (Å²) < 4.78 is 5.55. The molecule has 0 bridgehead atoms. The summed E-state index contributed by atoms with van der Waals surface area (Å²) in [7, 11) is 1.97. The Labute approximate surface area is 102 Å². The molecule has 1 aromatic carbocycles. The molecule has 1 atom stereocenters. The molecule has 0 fully saturated rings. The minimum absolute atomic E-state index is 0.259. The number of rotatable bonds is 4. The molecule has 1 aromatic rings. The molecule has 92 valence electrons. The monoisotopic (exact) mass is 233 g/mol. The molecule has 0 aromatic heterocycles. The van der Waals surface area contributed by atoms with Gasteiger partial charge in [-0.1, -0.05) is 19.1 Å². The molecule has 1 aliphatic heterocycles. The first-order chi connectivity index (χ1) is 8.22. The first kappa shape index (κ1) is 11.8. The molecule has 1 unspecified atom stereocenters. The Kier molecular flexibility index (Phi) is 3.52. The van der Waals surface area contributed by atoms with E-state index in [0.717, 1.165) is 25.3 Å². The lowest BCUT2D eigenvalue weighted by atomic mass is 10.1. The van der Waals surface area contributed by atoms with Gasteiger partial charge >= 0.3 is 0 Å². The van der Waals surface area contributed by atoms with Gasteiger partial charge in [-0.25, -0.2) is 0 Å². The van der Waals surface area contributed by atoms with E-state index in [1.807, 2.05) is 24.1 Å². The minimum atomic E-state index is 0.259. The average Bonchev–Trinajstić information content (AvgIpc) is 2.68. The van der Waals surface area contributed by atoms with Gasteiger partial charge in [-0.3, -0.25) is 4.99 Å². The predicted molar refractivity (Wildman–Crippen MR) is 69.2 cm³/mol. The maximum absolute atomic E-state index is 5.75. The van der Waals surface area contributed by atoms with Crippen LogP contribution in [0.4, 0.5) is 0 Å². The van der Waals surface area contributed by atoms with E-state index >= 15 is 0 Å². The molecular formula is C13H19N3O. The molecule has 0 saturated carbocycles. The third kappa shape index (κ3) is 2.52. The second kappa shape index (κ2) is 5.08. The Morgan fingerprint density at radius 1 is 1.41 bits per heavy atom. The van der Waals surface area contributed by atoms with Crippen molar-refractivity contribution >= 4 is 5.96 Å². The van der Waals surface area contributed by atoms with Crippen LogP contribution in [-0.4, -0.2) is 31.1 Å². The van der Waals surface area contributed by atoms with Gasteiger partial charge in [-0.15, -0.1) is 0 Å². The van der Waals surface area contributed by atoms with E-state index in [9.17, 15) is 0 Å². The van der Waals surface area contributed by atoms with E-state index in [1.54, 1.807) is 0 Å². The molecule has 1 aliphatic rings. The lowest BCUT2D eigenvalue weighted by molar-refractivity contribution is 0.317. The molecule has 0 spiro atoms. The number of aliphatic imine (C=N–C) groups is 1. The molecule has 17 heavy (non-hydrogen) atoms. The summed E-state index contributed by atoms with van der Waals surface area (Å²) in [4.78, 5) is 6.24. The van der Waals surface area contributed by atoms with Gasteiger partial charge in [0.1, 0.15) is 5.75 Å². The van der Waals surface area contributed by atoms with Crippen molar-refractivity contribution in [1.29, 1.82) is 0 Å². The van der Waals surface area contributed by atoms with Crippen LogP contribution in [0.2, 0.25) is 0 Å². The summed E-state index contributed by atoms with van der Waals surface area (Å²) in [5.41, 5.74) is 6.98. The van der Waals surface area contributed by atoms with Crippen molar-refractivity contribution in [2.45, 2.75) is 19.4 Å². The van der Waals surface area contributed by atoms with Crippen molar-refractivity contribution in [3.05, 3.63) is 29.8 Å². The van der Waals surface area contributed by atoms with Crippen LogP contribution in [0.5, 0.6) is 5.75 Å². The number of hydrogen-bond acceptors (Lipinski definition) is 4. The fourth-order valence-electron chi connectivity index (χ4n) is 1.91. The van der Waals surface area contributed by atoms with Crippen molar-refractivity contribution in [2.75, 3.05) is 20.2 Å². The fourth-order valence-corrected chi connectivity index (χ4v) is 1.91. The molecule has 2 N–H and O–H groups in total. The predicted octanol–water partition coefficient (Wildman–Crippen LogP) is 1.78. The van der Waals surface area contributed by atoms with Crippen LogP contribution >= 0.6 is 0 Å². The molecule has 4 heteroatoms. The Morgan fingerprint density at radius 3 is 2.65 bits per heavy atom. The van der Waals surface area contributed by atoms with Gasteiger partial charge in [0.25, 0.3) is 0 Å². The van der Waals surface area contributed by atoms with Gasteiger partial charge in [-0.2, -0.15) is 0 Å². The van der Waals surface area contributed by atoms with Crippen LogP contribution in [0.1, 0.15) is 24.9 Å². The lowest BCUT2D eigenvalue weighted by Gasteiger charge is -2.21. The van der Waals surface area contributed by atoms with Crippen LogP contribution in [0.15, 0.2) is 29.3 Å². The Morgan fingerprint density at radius 2 is 2.12 bits per heavy atom. The summed E-state index contributed by atoms with van der Waals surface area (Å²) in [5.74, 6) is 1.53. The van der Waals surface area contributed by atoms with Gasteiger partial charge in [0.05, 0.1) is 19.2 Å². The van der Waals surface area contributed by atoms with Crippen LogP contribution in [0.3, 0.4) is 0 Å². The topological polar surface area (TPSA) is 50.9 Å². The zero-order chi connectivity index (χ0) is 12.3. The summed E-state index contributed by atoms with van der Waals surface area (Å²) in [6.45, 7) is 3.60.